The van der Waals surface area contributed by atoms with Crippen LogP contribution in [0.25, 0.3) is 5.69 Å². The van der Waals surface area contributed by atoms with Gasteiger partial charge >= 0.3 is 0 Å². The maximum absolute atomic E-state index is 13.3. The van der Waals surface area contributed by atoms with Gasteiger partial charge in [-0.25, -0.2) is 4.98 Å². The van der Waals surface area contributed by atoms with Crippen LogP contribution in [0.2, 0.25) is 0 Å². The Morgan fingerprint density at radius 1 is 1.36 bits per heavy atom. The van der Waals surface area contributed by atoms with E-state index in [4.69, 9.17) is 4.98 Å². The Labute approximate surface area is 165 Å². The zero-order valence-corrected chi connectivity index (χ0v) is 16.8. The van der Waals surface area contributed by atoms with Gasteiger partial charge in [0.1, 0.15) is 0 Å². The number of carbonyl (C=O) groups excluding carboxylic acids is 1. The van der Waals surface area contributed by atoms with Gasteiger partial charge in [0.15, 0.2) is 5.82 Å². The normalized spacial score (nSPS) is 15.5. The molecule has 1 aromatic heterocycles. The van der Waals surface area contributed by atoms with Crippen LogP contribution >= 0.6 is 0 Å². The fourth-order valence-electron chi connectivity index (χ4n) is 3.16. The number of benzene rings is 1. The first-order valence-corrected chi connectivity index (χ1v) is 9.60. The van der Waals surface area contributed by atoms with Gasteiger partial charge in [0.25, 0.3) is 11.5 Å². The highest BCUT2D eigenvalue weighted by atomic mass is 16.1. The first-order chi connectivity index (χ1) is 13.4. The van der Waals surface area contributed by atoms with E-state index in [1.165, 1.54) is 0 Å². The molecule has 3 rings (SSSR count). The van der Waals surface area contributed by atoms with Crippen molar-refractivity contribution in [1.29, 1.82) is 0 Å². The van der Waals surface area contributed by atoms with E-state index in [1.54, 1.807) is 35.9 Å². The van der Waals surface area contributed by atoms with E-state index in [-0.39, 0.29) is 17.5 Å². The zero-order valence-electron chi connectivity index (χ0n) is 16.8. The fourth-order valence-corrected chi connectivity index (χ4v) is 3.16. The number of rotatable bonds is 3. The number of amides is 1. The van der Waals surface area contributed by atoms with Crippen LogP contribution in [0.4, 0.5) is 0 Å². The Morgan fingerprint density at radius 3 is 2.71 bits per heavy atom. The van der Waals surface area contributed by atoms with Crippen molar-refractivity contribution in [1.82, 2.24) is 20.2 Å². The third-order valence-corrected chi connectivity index (χ3v) is 4.72. The van der Waals surface area contributed by atoms with E-state index in [0.717, 1.165) is 17.7 Å². The number of nitrogens with zero attached hydrogens (tertiary/aromatic N) is 2. The van der Waals surface area contributed by atoms with Crippen LogP contribution in [-0.4, -0.2) is 28.5 Å². The van der Waals surface area contributed by atoms with Gasteiger partial charge in [-0.2, -0.15) is 0 Å². The smallest absolute Gasteiger partial charge is 0.262 e. The minimum Gasteiger partial charge on any atom is -0.355 e. The second kappa shape index (κ2) is 8.41. The average Bonchev–Trinajstić information content (AvgIpc) is 2.68. The Morgan fingerprint density at radius 2 is 2.07 bits per heavy atom. The number of aromatic nitrogens is 2. The van der Waals surface area contributed by atoms with Gasteiger partial charge in [0.2, 0.25) is 0 Å². The molecule has 2 N–H and O–H groups in total. The summed E-state index contributed by atoms with van der Waals surface area (Å²) in [5.41, 5.74) is 2.62. The summed E-state index contributed by atoms with van der Waals surface area (Å²) in [6, 6.07) is 7.16. The molecule has 1 atom stereocenters. The molecule has 1 aromatic carbocycles. The van der Waals surface area contributed by atoms with Gasteiger partial charge < -0.3 is 10.6 Å². The van der Waals surface area contributed by atoms with Gasteiger partial charge in [-0.05, 0) is 49.4 Å². The molecule has 146 valence electrons. The SMILES string of the molecule is CNC(=O)c1ccc(-n2c(C#CCC(C)C)nc3c(c2=O)CC(C)NC3)cc1. The maximum Gasteiger partial charge on any atom is 0.262 e. The highest BCUT2D eigenvalue weighted by Crippen LogP contribution is 2.16. The lowest BCUT2D eigenvalue weighted by atomic mass is 10.0. The molecule has 0 saturated carbocycles. The Kier molecular flexibility index (Phi) is 5.96. The summed E-state index contributed by atoms with van der Waals surface area (Å²) >= 11 is 0. The summed E-state index contributed by atoms with van der Waals surface area (Å²) in [6.07, 6.45) is 1.37. The van der Waals surface area contributed by atoms with E-state index < -0.39 is 0 Å². The van der Waals surface area contributed by atoms with Crippen molar-refractivity contribution in [2.24, 2.45) is 5.92 Å². The number of hydrogen-bond acceptors (Lipinski definition) is 4. The van der Waals surface area contributed by atoms with Crippen molar-refractivity contribution >= 4 is 5.91 Å². The molecule has 2 heterocycles. The van der Waals surface area contributed by atoms with Crippen LogP contribution < -0.4 is 16.2 Å². The first-order valence-electron chi connectivity index (χ1n) is 9.60. The van der Waals surface area contributed by atoms with E-state index in [2.05, 4.69) is 43.2 Å². The van der Waals surface area contributed by atoms with E-state index in [1.807, 2.05) is 0 Å². The molecule has 0 bridgehead atoms. The third kappa shape index (κ3) is 4.15. The summed E-state index contributed by atoms with van der Waals surface area (Å²) in [4.78, 5) is 29.8. The lowest BCUT2D eigenvalue weighted by molar-refractivity contribution is 0.0963. The quantitative estimate of drug-likeness (QED) is 0.802. The van der Waals surface area contributed by atoms with Crippen molar-refractivity contribution in [3.05, 3.63) is 57.3 Å². The third-order valence-electron chi connectivity index (χ3n) is 4.72. The molecule has 0 aliphatic carbocycles. The summed E-state index contributed by atoms with van der Waals surface area (Å²) in [5.74, 6) is 6.94. The first kappa shape index (κ1) is 19.8. The molecule has 1 aliphatic heterocycles. The molecule has 28 heavy (non-hydrogen) atoms. The monoisotopic (exact) mass is 378 g/mol. The van der Waals surface area contributed by atoms with Gasteiger partial charge in [-0.1, -0.05) is 19.8 Å². The molecule has 0 fully saturated rings. The number of fused-ring (bicyclic) bond motifs is 1. The van der Waals surface area contributed by atoms with E-state index in [9.17, 15) is 9.59 Å². The molecule has 1 unspecified atom stereocenters. The summed E-state index contributed by atoms with van der Waals surface area (Å²) in [5, 5.41) is 5.95. The topological polar surface area (TPSA) is 76.0 Å². The molecule has 1 aliphatic rings. The lowest BCUT2D eigenvalue weighted by Crippen LogP contribution is -2.40. The fraction of sp³-hybridized carbons (Fsp3) is 0.409. The average molecular weight is 378 g/mol. The van der Waals surface area contributed by atoms with E-state index >= 15 is 0 Å². The standard InChI is InChI=1S/C22H26N4O2/c1-14(2)6-5-7-20-25-19-13-24-15(3)12-18(19)22(28)26(20)17-10-8-16(9-11-17)21(27)23-4/h8-11,14-15,24H,6,12-13H2,1-4H3,(H,23,27). The van der Waals surface area contributed by atoms with Crippen molar-refractivity contribution in [3.63, 3.8) is 0 Å². The van der Waals surface area contributed by atoms with Gasteiger partial charge in [0.05, 0.1) is 11.4 Å². The molecular formula is C22H26N4O2. The van der Waals surface area contributed by atoms with Crippen molar-refractivity contribution in [2.45, 2.75) is 46.2 Å². The summed E-state index contributed by atoms with van der Waals surface area (Å²) < 4.78 is 1.57. The summed E-state index contributed by atoms with van der Waals surface area (Å²) in [7, 11) is 1.59. The highest BCUT2D eigenvalue weighted by Gasteiger charge is 2.22. The molecule has 6 heteroatoms. The van der Waals surface area contributed by atoms with Crippen molar-refractivity contribution < 1.29 is 4.79 Å². The van der Waals surface area contributed by atoms with Gasteiger partial charge in [0, 0.05) is 37.2 Å². The Bertz CT molecular complexity index is 994. The van der Waals surface area contributed by atoms with Gasteiger partial charge in [-0.15, -0.1) is 0 Å². The zero-order chi connectivity index (χ0) is 20.3. The van der Waals surface area contributed by atoms with Crippen LogP contribution in [0.15, 0.2) is 29.1 Å². The lowest BCUT2D eigenvalue weighted by Gasteiger charge is -2.23. The Balaban J connectivity index is 2.13. The molecule has 1 amide bonds. The number of nitrogens with one attached hydrogen (secondary N) is 2. The summed E-state index contributed by atoms with van der Waals surface area (Å²) in [6.45, 7) is 6.83. The second-order valence-electron chi connectivity index (χ2n) is 7.51. The van der Waals surface area contributed by atoms with Crippen LogP contribution in [0.1, 0.15) is 54.6 Å². The van der Waals surface area contributed by atoms with Crippen LogP contribution in [0.5, 0.6) is 0 Å². The molecule has 2 aromatic rings. The highest BCUT2D eigenvalue weighted by molar-refractivity contribution is 5.94. The van der Waals surface area contributed by atoms with Crippen LogP contribution in [0.3, 0.4) is 0 Å². The largest absolute Gasteiger partial charge is 0.355 e. The van der Waals surface area contributed by atoms with Crippen LogP contribution in [-0.2, 0) is 13.0 Å². The molecule has 0 saturated heterocycles. The van der Waals surface area contributed by atoms with Crippen molar-refractivity contribution in [3.8, 4) is 17.5 Å². The van der Waals surface area contributed by atoms with Crippen molar-refractivity contribution in [2.75, 3.05) is 7.05 Å². The molecule has 0 spiro atoms. The number of carbonyl (C=O) groups is 1. The predicted molar refractivity (Wildman–Crippen MR) is 110 cm³/mol. The van der Waals surface area contributed by atoms with E-state index in [0.29, 0.717) is 36.0 Å². The van der Waals surface area contributed by atoms with Gasteiger partial charge in [-0.3, -0.25) is 14.2 Å². The number of hydrogen-bond donors (Lipinski definition) is 2. The van der Waals surface area contributed by atoms with Crippen LogP contribution in [0, 0.1) is 17.8 Å². The molecule has 6 nitrogen and oxygen atoms in total. The predicted octanol–water partition coefficient (Wildman–Crippen LogP) is 2.02. The maximum atomic E-state index is 13.3. The molecule has 0 radical (unpaired) electrons. The minimum atomic E-state index is -0.167. The molecular weight excluding hydrogens is 352 g/mol. The minimum absolute atomic E-state index is 0.0834. The second-order valence-corrected chi connectivity index (χ2v) is 7.51. The Hall–Kier alpha value is -2.91.